The van der Waals surface area contributed by atoms with Crippen LogP contribution in [0.1, 0.15) is 12.8 Å². The maximum Gasteiger partial charge on any atom is 0.182 e. The maximum absolute atomic E-state index is 9.25. The van der Waals surface area contributed by atoms with E-state index in [9.17, 15) is 21.0 Å². The van der Waals surface area contributed by atoms with Crippen molar-refractivity contribution in [2.75, 3.05) is 0 Å². The molecule has 76 valence electrons. The lowest BCUT2D eigenvalue weighted by atomic mass is 9.47. The zero-order valence-electron chi connectivity index (χ0n) is 8.51. The Morgan fingerprint density at radius 3 is 1.25 bits per heavy atom. The third-order valence-corrected chi connectivity index (χ3v) is 3.80. The summed E-state index contributed by atoms with van der Waals surface area (Å²) < 4.78 is 0. The van der Waals surface area contributed by atoms with Gasteiger partial charge in [0, 0.05) is 11.8 Å². The molecule has 0 aliphatic heterocycles. The van der Waals surface area contributed by atoms with Crippen molar-refractivity contribution >= 4 is 0 Å². The van der Waals surface area contributed by atoms with E-state index in [4.69, 9.17) is 0 Å². The van der Waals surface area contributed by atoms with Crippen LogP contribution in [-0.2, 0) is 0 Å². The van der Waals surface area contributed by atoms with Crippen LogP contribution in [0.2, 0.25) is 0 Å². The lowest BCUT2D eigenvalue weighted by molar-refractivity contribution is 0.0903. The van der Waals surface area contributed by atoms with Gasteiger partial charge in [0.2, 0.25) is 0 Å². The van der Waals surface area contributed by atoms with Crippen molar-refractivity contribution in [2.45, 2.75) is 12.8 Å². The van der Waals surface area contributed by atoms with Crippen molar-refractivity contribution in [3.05, 3.63) is 12.2 Å². The predicted molar refractivity (Wildman–Crippen MR) is 52.7 cm³/mol. The Balaban J connectivity index is 2.75. The van der Waals surface area contributed by atoms with Gasteiger partial charge < -0.3 is 0 Å². The molecule has 4 heteroatoms. The first-order valence-electron chi connectivity index (χ1n) is 5.04. The fourth-order valence-electron chi connectivity index (χ4n) is 2.86. The summed E-state index contributed by atoms with van der Waals surface area (Å²) in [5.41, 5.74) is -3.01. The monoisotopic (exact) mass is 208 g/mol. The molecular formula is C12H8N4. The molecule has 0 aromatic carbocycles. The molecule has 3 aliphatic rings. The van der Waals surface area contributed by atoms with E-state index in [-0.39, 0.29) is 11.8 Å². The third-order valence-electron chi connectivity index (χ3n) is 3.80. The van der Waals surface area contributed by atoms with E-state index >= 15 is 0 Å². The highest BCUT2D eigenvalue weighted by Crippen LogP contribution is 2.59. The molecule has 3 rings (SSSR count). The van der Waals surface area contributed by atoms with Gasteiger partial charge in [-0.2, -0.15) is 21.0 Å². The highest BCUT2D eigenvalue weighted by Gasteiger charge is 2.65. The van der Waals surface area contributed by atoms with Gasteiger partial charge in [-0.3, -0.25) is 0 Å². The van der Waals surface area contributed by atoms with E-state index in [1.807, 2.05) is 36.4 Å². The number of allylic oxidation sites excluding steroid dienone is 2. The second-order valence-electron chi connectivity index (χ2n) is 4.24. The number of rotatable bonds is 0. The highest BCUT2D eigenvalue weighted by molar-refractivity contribution is 5.43. The minimum atomic E-state index is -1.51. The zero-order chi connectivity index (χ0) is 11.8. The van der Waals surface area contributed by atoms with Gasteiger partial charge in [0.05, 0.1) is 24.3 Å². The Labute approximate surface area is 93.6 Å². The van der Waals surface area contributed by atoms with Gasteiger partial charge >= 0.3 is 0 Å². The van der Waals surface area contributed by atoms with Crippen LogP contribution in [-0.4, -0.2) is 0 Å². The molecule has 2 bridgehead atoms. The third kappa shape index (κ3) is 0.809. The van der Waals surface area contributed by atoms with Crippen LogP contribution in [0.25, 0.3) is 0 Å². The Bertz CT molecular complexity index is 441. The SMILES string of the molecule is N#CC1(C#N)[C@@H]2C=C[C@@H](CC2)C1(C#N)C#N. The molecule has 16 heavy (non-hydrogen) atoms. The van der Waals surface area contributed by atoms with Crippen molar-refractivity contribution in [3.63, 3.8) is 0 Å². The van der Waals surface area contributed by atoms with Gasteiger partial charge in [-0.25, -0.2) is 0 Å². The summed E-state index contributed by atoms with van der Waals surface area (Å²) in [6.07, 6.45) is 5.03. The van der Waals surface area contributed by atoms with Gasteiger partial charge in [0.15, 0.2) is 10.8 Å². The standard InChI is InChI=1S/C12H8N4/c13-5-11(6-14)9-1-2-10(4-3-9)12(11,7-15)8-16/h1-2,9-10H,3-4H2/t9-,10+. The van der Waals surface area contributed by atoms with Crippen LogP contribution in [0.5, 0.6) is 0 Å². The second-order valence-corrected chi connectivity index (χ2v) is 4.24. The second kappa shape index (κ2) is 3.10. The van der Waals surface area contributed by atoms with Crippen LogP contribution in [0.15, 0.2) is 12.2 Å². The first-order chi connectivity index (χ1) is 7.70. The first kappa shape index (κ1) is 10.2. The largest absolute Gasteiger partial charge is 0.196 e. The Morgan fingerprint density at radius 2 is 1.06 bits per heavy atom. The molecule has 1 saturated carbocycles. The fraction of sp³-hybridized carbons (Fsp3) is 0.500. The predicted octanol–water partition coefficient (Wildman–Crippen LogP) is 1.65. The van der Waals surface area contributed by atoms with Crippen molar-refractivity contribution in [3.8, 4) is 24.3 Å². The summed E-state index contributed by atoms with van der Waals surface area (Å²) in [4.78, 5) is 0. The number of nitrogens with zero attached hydrogens (tertiary/aromatic N) is 4. The Morgan fingerprint density at radius 1 is 0.750 bits per heavy atom. The highest BCUT2D eigenvalue weighted by atomic mass is 14.6. The summed E-state index contributed by atoms with van der Waals surface area (Å²) in [5, 5.41) is 37.0. The van der Waals surface area contributed by atoms with Crippen molar-refractivity contribution in [2.24, 2.45) is 22.7 Å². The van der Waals surface area contributed by atoms with Gasteiger partial charge in [0.25, 0.3) is 0 Å². The molecule has 0 aromatic heterocycles. The van der Waals surface area contributed by atoms with Gasteiger partial charge in [-0.15, -0.1) is 0 Å². The van der Waals surface area contributed by atoms with E-state index in [2.05, 4.69) is 0 Å². The lowest BCUT2D eigenvalue weighted by Gasteiger charge is -2.48. The van der Waals surface area contributed by atoms with Crippen LogP contribution in [0.4, 0.5) is 0 Å². The normalized spacial score (nSPS) is 31.8. The number of nitriles is 4. The smallest absolute Gasteiger partial charge is 0.182 e. The van der Waals surface area contributed by atoms with Crippen molar-refractivity contribution in [1.82, 2.24) is 0 Å². The molecule has 0 radical (unpaired) electrons. The average Bonchev–Trinajstić information content (AvgIpc) is 2.38. The van der Waals surface area contributed by atoms with Crippen LogP contribution in [0.3, 0.4) is 0 Å². The minimum absolute atomic E-state index is 0.299. The molecule has 0 N–H and O–H groups in total. The summed E-state index contributed by atoms with van der Waals surface area (Å²) in [5.74, 6) is -0.599. The molecule has 0 amide bonds. The fourth-order valence-corrected chi connectivity index (χ4v) is 2.86. The quantitative estimate of drug-likeness (QED) is 0.565. The van der Waals surface area contributed by atoms with E-state index in [0.29, 0.717) is 12.8 Å². The van der Waals surface area contributed by atoms with Crippen LogP contribution < -0.4 is 0 Å². The summed E-state index contributed by atoms with van der Waals surface area (Å²) in [6.45, 7) is 0. The molecule has 0 unspecified atom stereocenters. The van der Waals surface area contributed by atoms with E-state index in [0.717, 1.165) is 0 Å². The summed E-state index contributed by atoms with van der Waals surface area (Å²) in [7, 11) is 0. The molecular weight excluding hydrogens is 200 g/mol. The van der Waals surface area contributed by atoms with Crippen molar-refractivity contribution in [1.29, 1.82) is 21.0 Å². The topological polar surface area (TPSA) is 95.2 Å². The lowest BCUT2D eigenvalue weighted by Crippen LogP contribution is -2.53. The van der Waals surface area contributed by atoms with Crippen molar-refractivity contribution < 1.29 is 0 Å². The maximum atomic E-state index is 9.25. The zero-order valence-corrected chi connectivity index (χ0v) is 8.51. The number of hydrogen-bond donors (Lipinski definition) is 0. The Hall–Kier alpha value is -2.30. The minimum Gasteiger partial charge on any atom is -0.196 e. The van der Waals surface area contributed by atoms with E-state index in [1.165, 1.54) is 0 Å². The van der Waals surface area contributed by atoms with Gasteiger partial charge in [0.1, 0.15) is 0 Å². The molecule has 0 saturated heterocycles. The number of hydrogen-bond acceptors (Lipinski definition) is 4. The molecule has 3 aliphatic carbocycles. The number of fused-ring (bicyclic) bond motifs is 2. The van der Waals surface area contributed by atoms with Crippen LogP contribution in [0, 0.1) is 68.0 Å². The summed E-state index contributed by atoms with van der Waals surface area (Å²) in [6, 6.07) is 7.74. The van der Waals surface area contributed by atoms with Gasteiger partial charge in [-0.05, 0) is 12.8 Å². The average molecular weight is 208 g/mol. The molecule has 4 nitrogen and oxygen atoms in total. The summed E-state index contributed by atoms with van der Waals surface area (Å²) >= 11 is 0. The molecule has 2 atom stereocenters. The van der Waals surface area contributed by atoms with E-state index < -0.39 is 10.8 Å². The molecule has 0 aromatic rings. The van der Waals surface area contributed by atoms with Crippen LogP contribution >= 0.6 is 0 Å². The van der Waals surface area contributed by atoms with E-state index in [1.54, 1.807) is 0 Å². The molecule has 0 spiro atoms. The first-order valence-corrected chi connectivity index (χ1v) is 5.04. The Kier molecular flexibility index (Phi) is 1.98. The molecule has 0 heterocycles. The molecule has 1 fully saturated rings. The van der Waals surface area contributed by atoms with Gasteiger partial charge in [-0.1, -0.05) is 12.2 Å².